The van der Waals surface area contributed by atoms with E-state index in [1.54, 1.807) is 0 Å². The molecule has 138 valence electrons. The van der Waals surface area contributed by atoms with Gasteiger partial charge in [-0.3, -0.25) is 19.2 Å². The molecule has 9 heteroatoms. The van der Waals surface area contributed by atoms with Crippen molar-refractivity contribution in [1.29, 1.82) is 0 Å². The Bertz CT molecular complexity index is 478. The Morgan fingerprint density at radius 1 is 0.833 bits per heavy atom. The molecule has 0 saturated heterocycles. The largest absolute Gasteiger partial charge is 0.480 e. The van der Waals surface area contributed by atoms with Crippen LogP contribution in [0.4, 0.5) is 0 Å². The van der Waals surface area contributed by atoms with E-state index in [0.717, 1.165) is 0 Å². The van der Waals surface area contributed by atoms with E-state index in [1.165, 1.54) is 20.8 Å². The lowest BCUT2D eigenvalue weighted by Gasteiger charge is -2.23. The van der Waals surface area contributed by atoms with E-state index in [4.69, 9.17) is 10.8 Å². The summed E-state index contributed by atoms with van der Waals surface area (Å²) in [4.78, 5) is 46.7. The lowest BCUT2D eigenvalue weighted by Crippen LogP contribution is -2.56. The molecule has 9 nitrogen and oxygen atoms in total. The first-order chi connectivity index (χ1) is 11.0. The highest BCUT2D eigenvalue weighted by Gasteiger charge is 2.27. The molecule has 0 spiro atoms. The molecule has 3 amide bonds. The Hall–Kier alpha value is -2.16. The van der Waals surface area contributed by atoms with Crippen molar-refractivity contribution in [3.63, 3.8) is 0 Å². The Morgan fingerprint density at radius 2 is 1.33 bits per heavy atom. The van der Waals surface area contributed by atoms with Crippen LogP contribution in [0.25, 0.3) is 0 Å². The molecule has 24 heavy (non-hydrogen) atoms. The van der Waals surface area contributed by atoms with E-state index in [0.29, 0.717) is 6.42 Å². The highest BCUT2D eigenvalue weighted by Crippen LogP contribution is 2.06. The smallest absolute Gasteiger partial charge is 0.325 e. The number of carboxylic acid groups (broad SMARTS) is 1. The maximum atomic E-state index is 12.2. The monoisotopic (exact) mass is 344 g/mol. The minimum Gasteiger partial charge on any atom is -0.480 e. The Balaban J connectivity index is 4.88. The number of amides is 3. The lowest BCUT2D eigenvalue weighted by atomic mass is 10.0. The van der Waals surface area contributed by atoms with Crippen molar-refractivity contribution in [1.82, 2.24) is 16.0 Å². The Kier molecular flexibility index (Phi) is 8.97. The first kappa shape index (κ1) is 21.8. The molecule has 0 heterocycles. The van der Waals surface area contributed by atoms with Crippen molar-refractivity contribution < 1.29 is 24.3 Å². The normalized spacial score (nSPS) is 15.8. The molecule has 0 aliphatic heterocycles. The van der Waals surface area contributed by atoms with E-state index in [9.17, 15) is 19.2 Å². The number of carboxylic acids is 1. The lowest BCUT2D eigenvalue weighted by molar-refractivity contribution is -0.141. The molecular formula is C15H28N4O5. The fourth-order valence-corrected chi connectivity index (χ4v) is 1.79. The maximum Gasteiger partial charge on any atom is 0.325 e. The topological polar surface area (TPSA) is 151 Å². The summed E-state index contributed by atoms with van der Waals surface area (Å²) in [6, 6.07) is -3.59. The predicted molar refractivity (Wildman–Crippen MR) is 87.9 cm³/mol. The van der Waals surface area contributed by atoms with Gasteiger partial charge in [0.2, 0.25) is 17.7 Å². The quantitative estimate of drug-likeness (QED) is 0.360. The zero-order valence-corrected chi connectivity index (χ0v) is 14.8. The number of rotatable bonds is 9. The SMILES string of the molecule is CC(C)CC(NC(=O)C(C)NC(=O)C(C)N)C(=O)NC(C)C(=O)O. The van der Waals surface area contributed by atoms with Crippen LogP contribution in [-0.2, 0) is 19.2 Å². The Labute approximate surface area is 141 Å². The van der Waals surface area contributed by atoms with Gasteiger partial charge in [-0.05, 0) is 33.1 Å². The molecule has 0 bridgehead atoms. The molecule has 4 unspecified atom stereocenters. The summed E-state index contributed by atoms with van der Waals surface area (Å²) in [6.45, 7) is 8.03. The van der Waals surface area contributed by atoms with Crippen LogP contribution in [0, 0.1) is 5.92 Å². The van der Waals surface area contributed by atoms with Gasteiger partial charge in [0.15, 0.2) is 0 Å². The van der Waals surface area contributed by atoms with Crippen LogP contribution in [0.1, 0.15) is 41.0 Å². The first-order valence-corrected chi connectivity index (χ1v) is 7.85. The second kappa shape index (κ2) is 9.86. The molecule has 4 atom stereocenters. The van der Waals surface area contributed by atoms with Crippen LogP contribution in [0.15, 0.2) is 0 Å². The van der Waals surface area contributed by atoms with Crippen LogP contribution in [0.5, 0.6) is 0 Å². The van der Waals surface area contributed by atoms with E-state index in [-0.39, 0.29) is 5.92 Å². The molecule has 0 aliphatic carbocycles. The van der Waals surface area contributed by atoms with Gasteiger partial charge in [-0.15, -0.1) is 0 Å². The van der Waals surface area contributed by atoms with Gasteiger partial charge in [-0.2, -0.15) is 0 Å². The summed E-state index contributed by atoms with van der Waals surface area (Å²) in [6.07, 6.45) is 0.331. The van der Waals surface area contributed by atoms with E-state index < -0.39 is 47.9 Å². The number of nitrogens with two attached hydrogens (primary N) is 1. The zero-order valence-electron chi connectivity index (χ0n) is 14.8. The summed E-state index contributed by atoms with van der Waals surface area (Å²) >= 11 is 0. The van der Waals surface area contributed by atoms with E-state index >= 15 is 0 Å². The van der Waals surface area contributed by atoms with E-state index in [1.807, 2.05) is 13.8 Å². The third-order valence-corrected chi connectivity index (χ3v) is 3.23. The number of carbonyl (C=O) groups excluding carboxylic acids is 3. The summed E-state index contributed by atoms with van der Waals surface area (Å²) in [5.41, 5.74) is 5.42. The zero-order chi connectivity index (χ0) is 19.0. The van der Waals surface area contributed by atoms with Crippen molar-refractivity contribution in [2.75, 3.05) is 0 Å². The number of carbonyl (C=O) groups is 4. The third-order valence-electron chi connectivity index (χ3n) is 3.23. The number of nitrogens with one attached hydrogen (secondary N) is 3. The molecule has 0 saturated carbocycles. The minimum absolute atomic E-state index is 0.0927. The van der Waals surface area contributed by atoms with Gasteiger partial charge < -0.3 is 26.8 Å². The van der Waals surface area contributed by atoms with Crippen LogP contribution < -0.4 is 21.7 Å². The molecule has 0 radical (unpaired) electrons. The average Bonchev–Trinajstić information content (AvgIpc) is 2.45. The second-order valence-corrected chi connectivity index (χ2v) is 6.28. The Morgan fingerprint density at radius 3 is 1.75 bits per heavy atom. The molecule has 6 N–H and O–H groups in total. The number of aliphatic carboxylic acids is 1. The second-order valence-electron chi connectivity index (χ2n) is 6.28. The fourth-order valence-electron chi connectivity index (χ4n) is 1.79. The van der Waals surface area contributed by atoms with Gasteiger partial charge >= 0.3 is 5.97 Å². The van der Waals surface area contributed by atoms with Crippen molar-refractivity contribution in [3.05, 3.63) is 0 Å². The van der Waals surface area contributed by atoms with Crippen LogP contribution in [-0.4, -0.2) is 53.0 Å². The minimum atomic E-state index is -1.17. The highest BCUT2D eigenvalue weighted by molar-refractivity contribution is 5.93. The summed E-state index contributed by atoms with van der Waals surface area (Å²) < 4.78 is 0. The van der Waals surface area contributed by atoms with Gasteiger partial charge in [0.05, 0.1) is 6.04 Å². The van der Waals surface area contributed by atoms with Crippen molar-refractivity contribution in [2.45, 2.75) is 65.2 Å². The van der Waals surface area contributed by atoms with Crippen molar-refractivity contribution >= 4 is 23.7 Å². The summed E-state index contributed by atoms with van der Waals surface area (Å²) in [5, 5.41) is 16.2. The van der Waals surface area contributed by atoms with E-state index in [2.05, 4.69) is 16.0 Å². The van der Waals surface area contributed by atoms with Gasteiger partial charge in [-0.1, -0.05) is 13.8 Å². The molecular weight excluding hydrogens is 316 g/mol. The van der Waals surface area contributed by atoms with Crippen molar-refractivity contribution in [3.8, 4) is 0 Å². The van der Waals surface area contributed by atoms with Crippen LogP contribution >= 0.6 is 0 Å². The first-order valence-electron chi connectivity index (χ1n) is 7.85. The predicted octanol–water partition coefficient (Wildman–Crippen LogP) is -1.04. The fraction of sp³-hybridized carbons (Fsp3) is 0.733. The molecule has 0 fully saturated rings. The van der Waals surface area contributed by atoms with Crippen LogP contribution in [0.2, 0.25) is 0 Å². The third kappa shape index (κ3) is 7.91. The van der Waals surface area contributed by atoms with Gasteiger partial charge in [-0.25, -0.2) is 0 Å². The molecule has 0 rings (SSSR count). The van der Waals surface area contributed by atoms with Gasteiger partial charge in [0.1, 0.15) is 18.1 Å². The van der Waals surface area contributed by atoms with Crippen LogP contribution in [0.3, 0.4) is 0 Å². The molecule has 0 aromatic carbocycles. The maximum absolute atomic E-state index is 12.2. The standard InChI is InChI=1S/C15H28N4O5/c1-7(2)6-11(14(22)18-10(5)15(23)24)19-13(21)9(4)17-12(20)8(3)16/h7-11H,6,16H2,1-5H3,(H,17,20)(H,18,22)(H,19,21)(H,23,24). The number of hydrogen-bond acceptors (Lipinski definition) is 5. The van der Waals surface area contributed by atoms with Crippen molar-refractivity contribution in [2.24, 2.45) is 11.7 Å². The van der Waals surface area contributed by atoms with Gasteiger partial charge in [0, 0.05) is 0 Å². The van der Waals surface area contributed by atoms with Gasteiger partial charge in [0.25, 0.3) is 0 Å². The highest BCUT2D eigenvalue weighted by atomic mass is 16.4. The molecule has 0 aliphatic rings. The summed E-state index contributed by atoms with van der Waals surface area (Å²) in [5.74, 6) is -2.70. The molecule has 0 aromatic rings. The molecule has 0 aromatic heterocycles. The summed E-state index contributed by atoms with van der Waals surface area (Å²) in [7, 11) is 0. The average molecular weight is 344 g/mol. The number of hydrogen-bond donors (Lipinski definition) is 5.